The summed E-state index contributed by atoms with van der Waals surface area (Å²) in [6.45, 7) is 35.5. The maximum Gasteiger partial charge on any atom is 0.250 e. The number of nitrogens with one attached hydrogen (secondary N) is 4. The van der Waals surface area contributed by atoms with Gasteiger partial charge in [-0.2, -0.15) is 0 Å². The van der Waals surface area contributed by atoms with Crippen LogP contribution >= 0.6 is 0 Å². The average Bonchev–Trinajstić information content (AvgIpc) is 0.759. The molecule has 12 atom stereocenters. The van der Waals surface area contributed by atoms with Crippen molar-refractivity contribution in [3.05, 3.63) is 12.2 Å². The lowest BCUT2D eigenvalue weighted by Crippen LogP contribution is -2.69. The third-order valence-electron chi connectivity index (χ3n) is 17.5. The van der Waals surface area contributed by atoms with Gasteiger partial charge < -0.3 is 60.7 Å². The monoisotopic (exact) mass is 1310 g/mol. The first kappa shape index (κ1) is 83.7. The van der Waals surface area contributed by atoms with Gasteiger partial charge in [0.2, 0.25) is 65.0 Å². The van der Waals surface area contributed by atoms with Crippen molar-refractivity contribution >= 4 is 73.1 Å². The molecule has 5 N–H and O–H groups in total. The van der Waals surface area contributed by atoms with Crippen molar-refractivity contribution in [1.29, 1.82) is 0 Å². The number of aliphatic hydroxyl groups excluding tert-OH is 1. The molecule has 1 rings (SSSR count). The van der Waals surface area contributed by atoms with E-state index in [-0.39, 0.29) is 68.6 Å². The number of hydrogen-bond acceptors (Lipinski definition) is 12. The number of amides is 11. The predicted molar refractivity (Wildman–Crippen MR) is 363 cm³/mol. The lowest BCUT2D eigenvalue weighted by molar-refractivity contribution is -0.165. The normalized spacial score (nSPS) is 26.6. The highest BCUT2D eigenvalue weighted by Crippen LogP contribution is 2.34. The molecule has 524 valence electrons. The molecule has 23 nitrogen and oxygen atoms in total. The molecule has 0 unspecified atom stereocenters. The van der Waals surface area contributed by atoms with E-state index in [9.17, 15) is 38.7 Å². The second-order valence-corrected chi connectivity index (χ2v) is 33.9. The molecular formula is C68H121N11O12Si. The van der Waals surface area contributed by atoms with Crippen molar-refractivity contribution in [2.75, 3.05) is 55.9 Å². The first-order valence-electron chi connectivity index (χ1n) is 33.2. The van der Waals surface area contributed by atoms with Crippen LogP contribution in [0.4, 0.5) is 0 Å². The Labute approximate surface area is 553 Å². The van der Waals surface area contributed by atoms with Gasteiger partial charge in [0.1, 0.15) is 68.0 Å². The number of carbonyl (C=O) groups is 11. The van der Waals surface area contributed by atoms with Gasteiger partial charge in [-0.3, -0.25) is 52.7 Å². The summed E-state index contributed by atoms with van der Waals surface area (Å²) in [6.07, 6.45) is 2.66. The molecule has 24 heteroatoms. The fourth-order valence-corrected chi connectivity index (χ4v) is 12.2. The van der Waals surface area contributed by atoms with E-state index < -0.39 is 163 Å². The minimum Gasteiger partial charge on any atom is -0.390 e. The molecule has 0 bridgehead atoms. The number of rotatable bonds is 16. The Morgan fingerprint density at radius 2 is 1.00 bits per heavy atom. The molecule has 0 aromatic rings. The summed E-state index contributed by atoms with van der Waals surface area (Å²) in [5, 5.41) is 23.5. The third-order valence-corrected chi connectivity index (χ3v) is 18.4. The van der Waals surface area contributed by atoms with Gasteiger partial charge in [0, 0.05) is 55.8 Å². The Kier molecular flexibility index (Phi) is 33.6. The maximum atomic E-state index is 16.2. The smallest absolute Gasteiger partial charge is 0.250 e. The number of nitrogens with zero attached hydrogens (tertiary/aromatic N) is 7. The van der Waals surface area contributed by atoms with Crippen LogP contribution < -0.4 is 21.3 Å². The van der Waals surface area contributed by atoms with Gasteiger partial charge in [0.15, 0.2) is 0 Å². The number of allylic oxidation sites excluding steroid dienone is 2. The van der Waals surface area contributed by atoms with Crippen molar-refractivity contribution in [2.45, 2.75) is 248 Å². The van der Waals surface area contributed by atoms with Crippen LogP contribution in [0.25, 0.3) is 0 Å². The van der Waals surface area contributed by atoms with E-state index in [1.54, 1.807) is 54.5 Å². The Bertz CT molecular complexity index is 2650. The fourth-order valence-electron chi connectivity index (χ4n) is 11.5. The number of carbonyl (C=O) groups excluding carboxylic acids is 11. The Balaban J connectivity index is 4.61. The van der Waals surface area contributed by atoms with Crippen LogP contribution in [0.3, 0.4) is 0 Å². The molecular weight excluding hydrogens is 1190 g/mol. The second-order valence-electron chi connectivity index (χ2n) is 29.1. The Morgan fingerprint density at radius 1 is 0.554 bits per heavy atom. The van der Waals surface area contributed by atoms with Crippen LogP contribution in [-0.2, 0) is 52.7 Å². The predicted octanol–water partition coefficient (Wildman–Crippen LogP) is 4.91. The van der Waals surface area contributed by atoms with Gasteiger partial charge in [0.25, 0.3) is 0 Å². The van der Waals surface area contributed by atoms with Crippen molar-refractivity contribution in [3.8, 4) is 11.5 Å². The summed E-state index contributed by atoms with van der Waals surface area (Å²) in [5.41, 5.74) is 1.47. The molecule has 0 aromatic carbocycles. The quantitative estimate of drug-likeness (QED) is 0.0784. The largest absolute Gasteiger partial charge is 0.390 e. The highest BCUT2D eigenvalue weighted by Gasteiger charge is 2.53. The molecule has 1 fully saturated rings. The molecule has 0 saturated carbocycles. The Morgan fingerprint density at radius 3 is 1.46 bits per heavy atom. The van der Waals surface area contributed by atoms with Crippen LogP contribution in [0.1, 0.15) is 163 Å². The molecule has 1 heterocycles. The molecule has 11 amide bonds. The SMILES string of the molecule is C/C=C/C[C@@H](C)[C@@H](O)[C@H]1C(=O)N[C@@H](CC)C(=O)N(C)CC(=O)N(C)[C@@H](CC(C)C)C(=O)N[C@@H](C(C)C)C(=O)N(C)[C@@H](CC(C)C)C(=O)N[C@@H](C)C(=O)N[C@H](C)C(=O)N(C)[C@@H](CC(C)C)C(=O)N(C)[C@@H](CC(C)C)C(=O)N(C)[C@@](CC#C[Si](C)(C)C)(C(C)C)C(=O)N1C. The van der Waals surface area contributed by atoms with Gasteiger partial charge in [-0.25, -0.2) is 0 Å². The van der Waals surface area contributed by atoms with Gasteiger partial charge in [-0.1, -0.05) is 129 Å². The first-order chi connectivity index (χ1) is 42.3. The van der Waals surface area contributed by atoms with E-state index in [4.69, 9.17) is 0 Å². The summed E-state index contributed by atoms with van der Waals surface area (Å²) >= 11 is 0. The Hall–Kier alpha value is -6.35. The van der Waals surface area contributed by atoms with Crippen molar-refractivity contribution in [3.63, 3.8) is 0 Å². The standard InChI is InChI=1S/C68H121N11O12Si/c1-28-30-32-46(15)57(81)56-61(85)71-49(29-2)63(87)73(18)39-54(80)74(19)50(35-40(3)4)60(84)72-55(44(11)12)66(90)75(20)51(36-41(5)6)59(83)69-47(16)58(82)70-48(17)62(86)76(21)52(37-42(7)8)64(88)77(22)53(38-43(9)10)65(89)79(24)68(45(13)14,67(91)78(56)23)33-31-34-92(25,26)27/h28,30,40-53,55-57,81H,29,32-33,35-39H2,1-27H3,(H,69,83)(H,70,82)(H,71,85)(H,72,84)/b30-28+/t46-,47+,48-,49+,50+,51+,52+,53+,55+,56+,57-,68+/m1/s1. The zero-order valence-corrected chi connectivity index (χ0v) is 62.2. The average molecular weight is 1310 g/mol. The number of aliphatic hydroxyl groups is 1. The highest BCUT2D eigenvalue weighted by atomic mass is 28.3. The van der Waals surface area contributed by atoms with Gasteiger partial charge in [-0.15, -0.1) is 11.5 Å². The number of hydrogen-bond donors (Lipinski definition) is 5. The third kappa shape index (κ3) is 23.0. The lowest BCUT2D eigenvalue weighted by atomic mass is 9.79. The van der Waals surface area contributed by atoms with E-state index in [2.05, 4.69) is 32.7 Å². The van der Waals surface area contributed by atoms with Gasteiger partial charge in [0.05, 0.1) is 12.6 Å². The molecule has 0 aliphatic carbocycles. The topological polar surface area (TPSA) is 279 Å². The molecule has 0 aromatic heterocycles. The second kappa shape index (κ2) is 36.9. The lowest BCUT2D eigenvalue weighted by Gasteiger charge is -2.48. The van der Waals surface area contributed by atoms with Crippen molar-refractivity contribution < 1.29 is 57.8 Å². The van der Waals surface area contributed by atoms with E-state index in [0.29, 0.717) is 0 Å². The summed E-state index contributed by atoms with van der Waals surface area (Å²) < 4.78 is 0. The number of likely N-dealkylation sites (N-methyl/N-ethyl adjacent to an activating group) is 7. The summed E-state index contributed by atoms with van der Waals surface area (Å²) in [5.74, 6) is -6.89. The molecule has 92 heavy (non-hydrogen) atoms. The molecule has 1 aliphatic rings. The van der Waals surface area contributed by atoms with Crippen LogP contribution in [0.2, 0.25) is 19.6 Å². The van der Waals surface area contributed by atoms with Crippen LogP contribution in [-0.4, -0.2) is 234 Å². The van der Waals surface area contributed by atoms with E-state index in [1.807, 2.05) is 81.1 Å². The maximum absolute atomic E-state index is 16.2. The highest BCUT2D eigenvalue weighted by molar-refractivity contribution is 6.83. The minimum atomic E-state index is -2.17. The molecule has 0 radical (unpaired) electrons. The zero-order chi connectivity index (χ0) is 71.5. The summed E-state index contributed by atoms with van der Waals surface area (Å²) in [7, 11) is 7.83. The van der Waals surface area contributed by atoms with Gasteiger partial charge >= 0.3 is 0 Å². The first-order valence-corrected chi connectivity index (χ1v) is 36.7. The fraction of sp³-hybridized carbons (Fsp3) is 0.779. The molecule has 0 spiro atoms. The zero-order valence-electron chi connectivity index (χ0n) is 61.2. The van der Waals surface area contributed by atoms with Gasteiger partial charge in [-0.05, 0) is 101 Å². The van der Waals surface area contributed by atoms with Crippen LogP contribution in [0.5, 0.6) is 0 Å². The van der Waals surface area contributed by atoms with E-state index >= 15 is 19.2 Å². The summed E-state index contributed by atoms with van der Waals surface area (Å²) in [6, 6.07) is -11.4. The van der Waals surface area contributed by atoms with Crippen molar-refractivity contribution in [1.82, 2.24) is 55.6 Å². The van der Waals surface area contributed by atoms with Crippen LogP contribution in [0.15, 0.2) is 12.2 Å². The molecule has 1 aliphatic heterocycles. The van der Waals surface area contributed by atoms with Crippen molar-refractivity contribution in [2.24, 2.45) is 41.4 Å². The summed E-state index contributed by atoms with van der Waals surface area (Å²) in [4.78, 5) is 172. The molecule has 1 saturated heterocycles. The van der Waals surface area contributed by atoms with E-state index in [0.717, 1.165) is 9.80 Å². The van der Waals surface area contributed by atoms with E-state index in [1.165, 1.54) is 87.7 Å². The van der Waals surface area contributed by atoms with Crippen LogP contribution in [0, 0.1) is 52.9 Å². The minimum absolute atomic E-state index is 0.00263.